The van der Waals surface area contributed by atoms with Crippen LogP contribution in [0.3, 0.4) is 0 Å². The summed E-state index contributed by atoms with van der Waals surface area (Å²) in [5, 5.41) is 2.34. The van der Waals surface area contributed by atoms with E-state index in [1.165, 1.54) is 13.0 Å². The molecule has 0 spiro atoms. The number of nitrogens with one attached hydrogen (secondary N) is 1. The fraction of sp³-hybridized carbons (Fsp3) is 0.250. The number of furan rings is 1. The molecule has 23 heavy (non-hydrogen) atoms. The summed E-state index contributed by atoms with van der Waals surface area (Å²) in [5.74, 6) is -2.87. The zero-order valence-corrected chi connectivity index (χ0v) is 12.8. The Labute approximate surface area is 131 Å². The Morgan fingerprint density at radius 3 is 2.48 bits per heavy atom. The van der Waals surface area contributed by atoms with Crippen LogP contribution in [0.2, 0.25) is 0 Å². The van der Waals surface area contributed by atoms with Gasteiger partial charge in [0.25, 0.3) is 5.91 Å². The number of amides is 1. The van der Waals surface area contributed by atoms with Gasteiger partial charge < -0.3 is 14.5 Å². The fourth-order valence-corrected chi connectivity index (χ4v) is 2.16. The summed E-state index contributed by atoms with van der Waals surface area (Å²) in [6.45, 7) is 2.87. The van der Waals surface area contributed by atoms with Crippen LogP contribution in [-0.4, -0.2) is 19.0 Å². The summed E-state index contributed by atoms with van der Waals surface area (Å²) in [6, 6.07) is 5.58. The summed E-state index contributed by atoms with van der Waals surface area (Å²) in [4.78, 5) is 24.3. The topological polar surface area (TPSA) is 68.5 Å². The van der Waals surface area contributed by atoms with Gasteiger partial charge in [-0.2, -0.15) is 0 Å². The van der Waals surface area contributed by atoms with Crippen LogP contribution in [0, 0.1) is 18.6 Å². The highest BCUT2D eigenvalue weighted by molar-refractivity contribution is 5.96. The Morgan fingerprint density at radius 2 is 1.91 bits per heavy atom. The summed E-state index contributed by atoms with van der Waals surface area (Å²) < 4.78 is 37.3. The Hall–Kier alpha value is -2.70. The van der Waals surface area contributed by atoms with Gasteiger partial charge in [0.1, 0.15) is 17.4 Å². The Balaban J connectivity index is 2.45. The van der Waals surface area contributed by atoms with Crippen LogP contribution < -0.4 is 5.32 Å². The van der Waals surface area contributed by atoms with Crippen LogP contribution in [-0.2, 0) is 15.1 Å². The monoisotopic (exact) mass is 323 g/mol. The molecular formula is C16H15F2NO4. The quantitative estimate of drug-likeness (QED) is 0.879. The second-order valence-electron chi connectivity index (χ2n) is 5.11. The number of benzene rings is 1. The van der Waals surface area contributed by atoms with Crippen molar-refractivity contribution in [1.82, 2.24) is 5.32 Å². The molecular weight excluding hydrogens is 308 g/mol. The van der Waals surface area contributed by atoms with Crippen molar-refractivity contribution >= 4 is 11.9 Å². The first-order chi connectivity index (χ1) is 10.8. The van der Waals surface area contributed by atoms with E-state index in [1.807, 2.05) is 0 Å². The lowest BCUT2D eigenvalue weighted by Crippen LogP contribution is -2.50. The minimum Gasteiger partial charge on any atom is -0.467 e. The third-order valence-corrected chi connectivity index (χ3v) is 3.39. The lowest BCUT2D eigenvalue weighted by molar-refractivity contribution is -0.148. The van der Waals surface area contributed by atoms with Crippen LogP contribution in [0.15, 0.2) is 34.7 Å². The molecule has 1 amide bonds. The van der Waals surface area contributed by atoms with Crippen molar-refractivity contribution in [2.24, 2.45) is 0 Å². The standard InChI is InChI=1S/C16H15F2NO4/c1-9-4-7-13(23-9)14(20)19-16(2,15(21)22-3)11-8-10(17)5-6-12(11)18/h4-8H,1-3H3,(H,19,20)/t16-/m0/s1. The molecule has 0 aliphatic carbocycles. The largest absolute Gasteiger partial charge is 0.467 e. The number of esters is 1. The Kier molecular flexibility index (Phi) is 4.49. The zero-order valence-electron chi connectivity index (χ0n) is 12.8. The van der Waals surface area contributed by atoms with Gasteiger partial charge in [-0.3, -0.25) is 4.79 Å². The Morgan fingerprint density at radius 1 is 1.22 bits per heavy atom. The first-order valence-corrected chi connectivity index (χ1v) is 6.71. The van der Waals surface area contributed by atoms with Crippen molar-refractivity contribution in [2.75, 3.05) is 7.11 Å². The van der Waals surface area contributed by atoms with E-state index in [0.29, 0.717) is 5.76 Å². The van der Waals surface area contributed by atoms with Crippen molar-refractivity contribution in [3.63, 3.8) is 0 Å². The molecule has 0 unspecified atom stereocenters. The van der Waals surface area contributed by atoms with Gasteiger partial charge in [-0.05, 0) is 44.2 Å². The fourth-order valence-electron chi connectivity index (χ4n) is 2.16. The van der Waals surface area contributed by atoms with E-state index in [2.05, 4.69) is 10.1 Å². The SMILES string of the molecule is COC(=O)[C@@](C)(NC(=O)c1ccc(C)o1)c1cc(F)ccc1F. The van der Waals surface area contributed by atoms with E-state index >= 15 is 0 Å². The van der Waals surface area contributed by atoms with Gasteiger partial charge in [-0.15, -0.1) is 0 Å². The molecule has 122 valence electrons. The number of ether oxygens (including phenoxy) is 1. The number of halogens is 2. The molecule has 0 saturated carbocycles. The van der Waals surface area contributed by atoms with Gasteiger partial charge in [-0.25, -0.2) is 13.6 Å². The van der Waals surface area contributed by atoms with Crippen molar-refractivity contribution in [2.45, 2.75) is 19.4 Å². The summed E-state index contributed by atoms with van der Waals surface area (Å²) >= 11 is 0. The smallest absolute Gasteiger partial charge is 0.336 e. The second kappa shape index (κ2) is 6.20. The number of hydrogen-bond acceptors (Lipinski definition) is 4. The molecule has 1 heterocycles. The van der Waals surface area contributed by atoms with E-state index in [9.17, 15) is 18.4 Å². The molecule has 0 saturated heterocycles. The predicted octanol–water partition coefficient (Wildman–Crippen LogP) is 2.68. The average molecular weight is 323 g/mol. The molecule has 1 atom stereocenters. The number of hydrogen-bond donors (Lipinski definition) is 1. The van der Waals surface area contributed by atoms with Gasteiger partial charge >= 0.3 is 5.97 Å². The van der Waals surface area contributed by atoms with Crippen LogP contribution in [0.1, 0.15) is 28.8 Å². The van der Waals surface area contributed by atoms with Gasteiger partial charge in [0.15, 0.2) is 11.3 Å². The second-order valence-corrected chi connectivity index (χ2v) is 5.11. The van der Waals surface area contributed by atoms with Crippen LogP contribution in [0.5, 0.6) is 0 Å². The number of rotatable bonds is 4. The van der Waals surface area contributed by atoms with Gasteiger partial charge in [0, 0.05) is 5.56 Å². The highest BCUT2D eigenvalue weighted by Crippen LogP contribution is 2.27. The molecule has 0 radical (unpaired) electrons. The van der Waals surface area contributed by atoms with Crippen molar-refractivity contribution in [3.05, 3.63) is 59.1 Å². The summed E-state index contributed by atoms with van der Waals surface area (Å²) in [6.07, 6.45) is 0. The number of carbonyl (C=O) groups excluding carboxylic acids is 2. The minimum absolute atomic E-state index is 0.0607. The lowest BCUT2D eigenvalue weighted by Gasteiger charge is -2.28. The van der Waals surface area contributed by atoms with Crippen molar-refractivity contribution < 1.29 is 27.5 Å². The van der Waals surface area contributed by atoms with Crippen molar-refractivity contribution in [1.29, 1.82) is 0 Å². The molecule has 0 aliphatic rings. The van der Waals surface area contributed by atoms with Crippen LogP contribution in [0.4, 0.5) is 8.78 Å². The average Bonchev–Trinajstić information content (AvgIpc) is 2.95. The normalized spacial score (nSPS) is 13.3. The van der Waals surface area contributed by atoms with E-state index in [1.54, 1.807) is 13.0 Å². The van der Waals surface area contributed by atoms with Gasteiger partial charge in [0.05, 0.1) is 7.11 Å². The molecule has 0 bridgehead atoms. The van der Waals surface area contributed by atoms with Crippen LogP contribution >= 0.6 is 0 Å². The molecule has 0 aliphatic heterocycles. The summed E-state index contributed by atoms with van der Waals surface area (Å²) in [7, 11) is 1.08. The first kappa shape index (κ1) is 16.7. The van der Waals surface area contributed by atoms with Crippen molar-refractivity contribution in [3.8, 4) is 0 Å². The Bertz CT molecular complexity index is 756. The number of methoxy groups -OCH3 is 1. The lowest BCUT2D eigenvalue weighted by atomic mass is 9.91. The molecule has 7 heteroatoms. The maximum Gasteiger partial charge on any atom is 0.336 e. The maximum absolute atomic E-state index is 14.1. The highest BCUT2D eigenvalue weighted by Gasteiger charge is 2.41. The molecule has 1 aromatic heterocycles. The van der Waals surface area contributed by atoms with Gasteiger partial charge in [0.2, 0.25) is 0 Å². The molecule has 1 N–H and O–H groups in total. The summed E-state index contributed by atoms with van der Waals surface area (Å²) in [5.41, 5.74) is -2.26. The van der Waals surface area contributed by atoms with E-state index in [0.717, 1.165) is 25.3 Å². The first-order valence-electron chi connectivity index (χ1n) is 6.71. The van der Waals surface area contributed by atoms with E-state index < -0.39 is 29.0 Å². The maximum atomic E-state index is 14.1. The number of aryl methyl sites for hydroxylation is 1. The predicted molar refractivity (Wildman–Crippen MR) is 76.6 cm³/mol. The highest BCUT2D eigenvalue weighted by atomic mass is 19.1. The van der Waals surface area contributed by atoms with Gasteiger partial charge in [-0.1, -0.05) is 0 Å². The molecule has 0 fully saturated rings. The van der Waals surface area contributed by atoms with Crippen LogP contribution in [0.25, 0.3) is 0 Å². The third kappa shape index (κ3) is 3.23. The molecule has 1 aromatic carbocycles. The van der Waals surface area contributed by atoms with E-state index in [-0.39, 0.29) is 11.3 Å². The molecule has 2 rings (SSSR count). The third-order valence-electron chi connectivity index (χ3n) is 3.39. The minimum atomic E-state index is -1.92. The number of carbonyl (C=O) groups is 2. The molecule has 2 aromatic rings. The molecule has 5 nitrogen and oxygen atoms in total. The van der Waals surface area contributed by atoms with E-state index in [4.69, 9.17) is 4.42 Å². The zero-order chi connectivity index (χ0) is 17.2.